The third-order valence-corrected chi connectivity index (χ3v) is 3.60. The molecule has 1 N–H and O–H groups in total. The van der Waals surface area contributed by atoms with E-state index < -0.39 is 5.41 Å². The van der Waals surface area contributed by atoms with E-state index in [1.54, 1.807) is 13.8 Å². The van der Waals surface area contributed by atoms with Crippen molar-refractivity contribution in [1.82, 2.24) is 5.32 Å². The van der Waals surface area contributed by atoms with E-state index in [4.69, 9.17) is 5.26 Å². The first-order valence-electron chi connectivity index (χ1n) is 6.09. The van der Waals surface area contributed by atoms with Gasteiger partial charge in [0, 0.05) is 6.04 Å². The molecule has 0 spiro atoms. The third-order valence-electron chi connectivity index (χ3n) is 3.60. The number of nitrogens with zero attached hydrogens (tertiary/aromatic N) is 1. The summed E-state index contributed by atoms with van der Waals surface area (Å²) in [5.74, 6) is 1.13. The van der Waals surface area contributed by atoms with Gasteiger partial charge in [-0.1, -0.05) is 13.8 Å². The number of nitrogens with one attached hydrogen (secondary N) is 1. The maximum absolute atomic E-state index is 11.9. The molecule has 3 atom stereocenters. The molecule has 1 amide bonds. The molecule has 0 aromatic rings. The van der Waals surface area contributed by atoms with Crippen molar-refractivity contribution in [1.29, 1.82) is 5.26 Å². The molecule has 0 heterocycles. The highest BCUT2D eigenvalue weighted by Crippen LogP contribution is 2.29. The number of amides is 1. The van der Waals surface area contributed by atoms with Crippen molar-refractivity contribution in [2.24, 2.45) is 17.3 Å². The molecule has 1 rings (SSSR count). The molecule has 3 nitrogen and oxygen atoms in total. The molecule has 3 heteroatoms. The zero-order valence-electron chi connectivity index (χ0n) is 10.7. The first kappa shape index (κ1) is 13.0. The van der Waals surface area contributed by atoms with Crippen LogP contribution in [0.25, 0.3) is 0 Å². The van der Waals surface area contributed by atoms with Crippen LogP contribution in [-0.4, -0.2) is 11.9 Å². The second-order valence-electron chi connectivity index (χ2n) is 5.71. The number of nitriles is 1. The smallest absolute Gasteiger partial charge is 0.240 e. The van der Waals surface area contributed by atoms with E-state index in [1.807, 2.05) is 6.07 Å². The van der Waals surface area contributed by atoms with E-state index in [2.05, 4.69) is 19.2 Å². The predicted molar refractivity (Wildman–Crippen MR) is 63.5 cm³/mol. The van der Waals surface area contributed by atoms with Gasteiger partial charge in [-0.15, -0.1) is 0 Å². The minimum Gasteiger partial charge on any atom is -0.352 e. The van der Waals surface area contributed by atoms with Gasteiger partial charge in [0.15, 0.2) is 0 Å². The van der Waals surface area contributed by atoms with Crippen LogP contribution in [0.15, 0.2) is 0 Å². The molecule has 1 fully saturated rings. The summed E-state index contributed by atoms with van der Waals surface area (Å²) in [6.07, 6.45) is 3.37. The molecule has 0 saturated heterocycles. The van der Waals surface area contributed by atoms with Gasteiger partial charge in [-0.3, -0.25) is 4.79 Å². The Morgan fingerprint density at radius 3 is 2.50 bits per heavy atom. The Hall–Kier alpha value is -1.04. The largest absolute Gasteiger partial charge is 0.352 e. The molecule has 1 aliphatic carbocycles. The Bertz CT molecular complexity index is 304. The van der Waals surface area contributed by atoms with Gasteiger partial charge in [0.2, 0.25) is 5.91 Å². The maximum atomic E-state index is 11.9. The van der Waals surface area contributed by atoms with Crippen LogP contribution in [0.5, 0.6) is 0 Å². The molecule has 3 unspecified atom stereocenters. The summed E-state index contributed by atoms with van der Waals surface area (Å²) in [6, 6.07) is 2.29. The first-order valence-corrected chi connectivity index (χ1v) is 6.09. The maximum Gasteiger partial charge on any atom is 0.240 e. The van der Waals surface area contributed by atoms with Crippen molar-refractivity contribution in [3.63, 3.8) is 0 Å². The molecule has 1 aliphatic rings. The summed E-state index contributed by atoms with van der Waals surface area (Å²) < 4.78 is 0. The van der Waals surface area contributed by atoms with Crippen LogP contribution in [0, 0.1) is 28.6 Å². The summed E-state index contributed by atoms with van der Waals surface area (Å²) in [6.45, 7) is 7.77. The van der Waals surface area contributed by atoms with Gasteiger partial charge in [0.25, 0.3) is 0 Å². The first-order chi connectivity index (χ1) is 7.36. The fourth-order valence-corrected chi connectivity index (χ4v) is 2.28. The lowest BCUT2D eigenvalue weighted by molar-refractivity contribution is -0.128. The van der Waals surface area contributed by atoms with Crippen LogP contribution in [0.4, 0.5) is 0 Å². The van der Waals surface area contributed by atoms with Crippen LogP contribution in [0.3, 0.4) is 0 Å². The van der Waals surface area contributed by atoms with Crippen LogP contribution >= 0.6 is 0 Å². The van der Waals surface area contributed by atoms with E-state index in [0.717, 1.165) is 18.8 Å². The number of hydrogen-bond acceptors (Lipinski definition) is 2. The van der Waals surface area contributed by atoms with Crippen molar-refractivity contribution in [3.8, 4) is 6.07 Å². The van der Waals surface area contributed by atoms with Crippen molar-refractivity contribution >= 4 is 5.91 Å². The number of rotatable bonds is 2. The topological polar surface area (TPSA) is 52.9 Å². The zero-order valence-corrected chi connectivity index (χ0v) is 10.7. The summed E-state index contributed by atoms with van der Waals surface area (Å²) in [7, 11) is 0. The fraction of sp³-hybridized carbons (Fsp3) is 0.846. The van der Waals surface area contributed by atoms with Crippen LogP contribution in [-0.2, 0) is 4.79 Å². The van der Waals surface area contributed by atoms with Crippen LogP contribution in [0.2, 0.25) is 0 Å². The quantitative estimate of drug-likeness (QED) is 0.780. The molecule has 0 aromatic carbocycles. The highest BCUT2D eigenvalue weighted by atomic mass is 16.2. The Labute approximate surface area is 98.2 Å². The summed E-state index contributed by atoms with van der Waals surface area (Å²) in [5.41, 5.74) is -0.914. The van der Waals surface area contributed by atoms with Crippen LogP contribution < -0.4 is 5.32 Å². The average Bonchev–Trinajstić information content (AvgIpc) is 2.22. The lowest BCUT2D eigenvalue weighted by Crippen LogP contribution is -2.47. The number of hydrogen-bond donors (Lipinski definition) is 1. The summed E-state index contributed by atoms with van der Waals surface area (Å²) >= 11 is 0. The fourth-order valence-electron chi connectivity index (χ4n) is 2.28. The highest BCUT2D eigenvalue weighted by molar-refractivity contribution is 5.84. The van der Waals surface area contributed by atoms with E-state index in [0.29, 0.717) is 5.92 Å². The average molecular weight is 222 g/mol. The molecule has 0 bridgehead atoms. The van der Waals surface area contributed by atoms with Gasteiger partial charge in [-0.2, -0.15) is 5.26 Å². The van der Waals surface area contributed by atoms with Gasteiger partial charge in [0.1, 0.15) is 5.41 Å². The Morgan fingerprint density at radius 2 is 2.00 bits per heavy atom. The van der Waals surface area contributed by atoms with Gasteiger partial charge in [-0.05, 0) is 44.9 Å². The van der Waals surface area contributed by atoms with Crippen LogP contribution in [0.1, 0.15) is 47.0 Å². The minimum atomic E-state index is -0.914. The monoisotopic (exact) mass is 222 g/mol. The summed E-state index contributed by atoms with van der Waals surface area (Å²) in [5, 5.41) is 11.9. The lowest BCUT2D eigenvalue weighted by atomic mass is 9.79. The second kappa shape index (κ2) is 4.86. The van der Waals surface area contributed by atoms with E-state index >= 15 is 0 Å². The molecule has 90 valence electrons. The molecule has 0 radical (unpaired) electrons. The normalized spacial score (nSPS) is 30.6. The minimum absolute atomic E-state index is 0.138. The van der Waals surface area contributed by atoms with Gasteiger partial charge < -0.3 is 5.32 Å². The Morgan fingerprint density at radius 1 is 1.38 bits per heavy atom. The van der Waals surface area contributed by atoms with Gasteiger partial charge in [-0.25, -0.2) is 0 Å². The SMILES string of the molecule is CC1CCC(NC(=O)C(C)(C)C#N)C(C)C1. The molecular formula is C13H22N2O. The molecule has 1 saturated carbocycles. The number of carbonyl (C=O) groups is 1. The van der Waals surface area contributed by atoms with Crippen molar-refractivity contribution < 1.29 is 4.79 Å². The highest BCUT2D eigenvalue weighted by Gasteiger charge is 2.32. The van der Waals surface area contributed by atoms with Crippen molar-refractivity contribution in [3.05, 3.63) is 0 Å². The van der Waals surface area contributed by atoms with E-state index in [1.165, 1.54) is 6.42 Å². The van der Waals surface area contributed by atoms with Gasteiger partial charge in [0.05, 0.1) is 6.07 Å². The Kier molecular flexibility index (Phi) is 3.96. The molecule has 0 aliphatic heterocycles. The second-order valence-corrected chi connectivity index (χ2v) is 5.71. The molecule has 0 aromatic heterocycles. The van der Waals surface area contributed by atoms with Crippen molar-refractivity contribution in [2.75, 3.05) is 0 Å². The summed E-state index contributed by atoms with van der Waals surface area (Å²) in [4.78, 5) is 11.9. The lowest BCUT2D eigenvalue weighted by Gasteiger charge is -2.34. The van der Waals surface area contributed by atoms with E-state index in [-0.39, 0.29) is 11.9 Å². The molecular weight excluding hydrogens is 200 g/mol. The zero-order chi connectivity index (χ0) is 12.3. The van der Waals surface area contributed by atoms with Crippen molar-refractivity contribution in [2.45, 2.75) is 53.0 Å². The van der Waals surface area contributed by atoms with E-state index in [9.17, 15) is 4.79 Å². The predicted octanol–water partition coefficient (Wildman–Crippen LogP) is 2.48. The standard InChI is InChI=1S/C13H22N2O/c1-9-5-6-11(10(2)7-9)15-12(16)13(3,4)8-14/h9-11H,5-7H2,1-4H3,(H,15,16). The Balaban J connectivity index is 2.56. The third kappa shape index (κ3) is 2.98. The van der Waals surface area contributed by atoms with Gasteiger partial charge >= 0.3 is 0 Å². The number of carbonyl (C=O) groups excluding carboxylic acids is 1. The molecule has 16 heavy (non-hydrogen) atoms.